The van der Waals surface area contributed by atoms with Gasteiger partial charge in [-0.2, -0.15) is 13.2 Å². The van der Waals surface area contributed by atoms with E-state index < -0.39 is 35.5 Å². The number of piperidine rings is 1. The summed E-state index contributed by atoms with van der Waals surface area (Å²) in [5.74, 6) is 2.06. The van der Waals surface area contributed by atoms with E-state index in [9.17, 15) is 22.4 Å². The average molecular weight is 469 g/mol. The molecule has 0 bridgehead atoms. The Labute approximate surface area is 193 Å². The number of carbonyl (C=O) groups excluding carboxylic acids is 1. The molecule has 34 heavy (non-hydrogen) atoms. The largest absolute Gasteiger partial charge is 0.417 e. The van der Waals surface area contributed by atoms with Crippen molar-refractivity contribution in [2.45, 2.75) is 31.1 Å². The topological polar surface area (TPSA) is 71.0 Å². The zero-order valence-corrected chi connectivity index (χ0v) is 17.8. The third-order valence-electron chi connectivity index (χ3n) is 5.51. The van der Waals surface area contributed by atoms with Gasteiger partial charge in [-0.25, -0.2) is 19.3 Å². The summed E-state index contributed by atoms with van der Waals surface area (Å²) in [7, 11) is 0. The van der Waals surface area contributed by atoms with Gasteiger partial charge in [0.25, 0.3) is 5.91 Å². The molecule has 0 aliphatic carbocycles. The molecular formula is C24H19F4N5O. The second kappa shape index (κ2) is 9.47. The summed E-state index contributed by atoms with van der Waals surface area (Å²) < 4.78 is 52.4. The van der Waals surface area contributed by atoms with E-state index in [4.69, 9.17) is 6.42 Å². The Hall–Kier alpha value is -4.00. The Morgan fingerprint density at radius 2 is 1.91 bits per heavy atom. The molecule has 174 valence electrons. The molecule has 0 spiro atoms. The van der Waals surface area contributed by atoms with Crippen LogP contribution in [0.25, 0.3) is 11.4 Å². The lowest BCUT2D eigenvalue weighted by Gasteiger charge is -2.39. The van der Waals surface area contributed by atoms with Gasteiger partial charge in [0.2, 0.25) is 0 Å². The summed E-state index contributed by atoms with van der Waals surface area (Å²) in [5, 5.41) is 3.05. The second-order valence-electron chi connectivity index (χ2n) is 7.70. The fraction of sp³-hybridized carbons (Fsp3) is 0.250. The van der Waals surface area contributed by atoms with E-state index in [1.807, 2.05) is 0 Å². The van der Waals surface area contributed by atoms with Crippen LogP contribution >= 0.6 is 0 Å². The maximum atomic E-state index is 14.0. The zero-order valence-electron chi connectivity index (χ0n) is 17.8. The highest BCUT2D eigenvalue weighted by molar-refractivity contribution is 6.00. The van der Waals surface area contributed by atoms with Crippen LogP contribution in [0.1, 0.15) is 28.8 Å². The summed E-state index contributed by atoms with van der Waals surface area (Å²) in [4.78, 5) is 27.1. The van der Waals surface area contributed by atoms with Crippen LogP contribution in [-0.4, -0.2) is 44.4 Å². The number of halogens is 4. The van der Waals surface area contributed by atoms with E-state index in [-0.39, 0.29) is 22.8 Å². The maximum absolute atomic E-state index is 14.0. The van der Waals surface area contributed by atoms with Crippen LogP contribution in [0, 0.1) is 18.2 Å². The summed E-state index contributed by atoms with van der Waals surface area (Å²) in [5.41, 5.74) is -0.430. The molecule has 2 unspecified atom stereocenters. The first kappa shape index (κ1) is 23.2. The lowest BCUT2D eigenvalue weighted by Crippen LogP contribution is -2.53. The van der Waals surface area contributed by atoms with Gasteiger partial charge in [-0.1, -0.05) is 5.92 Å². The van der Waals surface area contributed by atoms with Crippen molar-refractivity contribution in [3.63, 3.8) is 0 Å². The molecule has 3 heterocycles. The number of carbonyl (C=O) groups is 1. The van der Waals surface area contributed by atoms with Crippen molar-refractivity contribution in [1.29, 1.82) is 0 Å². The minimum Gasteiger partial charge on any atom is -0.364 e. The number of anilines is 1. The predicted octanol–water partition coefficient (Wildman–Crippen LogP) is 4.42. The molecule has 2 atom stereocenters. The fourth-order valence-corrected chi connectivity index (χ4v) is 3.90. The van der Waals surface area contributed by atoms with E-state index >= 15 is 0 Å². The molecule has 0 saturated carbocycles. The van der Waals surface area contributed by atoms with Crippen molar-refractivity contribution >= 4 is 11.7 Å². The minimum atomic E-state index is -4.49. The Kier molecular flexibility index (Phi) is 6.45. The molecule has 2 aromatic heterocycles. The monoisotopic (exact) mass is 469 g/mol. The third-order valence-corrected chi connectivity index (χ3v) is 5.51. The molecule has 1 aliphatic heterocycles. The van der Waals surface area contributed by atoms with Gasteiger partial charge in [0.1, 0.15) is 17.7 Å². The Morgan fingerprint density at radius 3 is 2.56 bits per heavy atom. The quantitative estimate of drug-likeness (QED) is 0.453. The van der Waals surface area contributed by atoms with Gasteiger partial charge in [0, 0.05) is 30.7 Å². The number of nitrogens with zero attached hydrogens (tertiary/aromatic N) is 4. The number of likely N-dealkylation sites (tertiary alicyclic amines) is 1. The van der Waals surface area contributed by atoms with Crippen LogP contribution < -0.4 is 5.32 Å². The molecule has 4 rings (SSSR count). The number of hydrogen-bond acceptors (Lipinski definition) is 5. The minimum absolute atomic E-state index is 0.196. The molecule has 0 radical (unpaired) electrons. The molecule has 1 aliphatic rings. The Balaban J connectivity index is 1.59. The molecular weight excluding hydrogens is 450 g/mol. The zero-order chi connectivity index (χ0) is 24.3. The molecule has 6 nitrogen and oxygen atoms in total. The number of benzene rings is 1. The normalized spacial score (nSPS) is 18.3. The van der Waals surface area contributed by atoms with E-state index in [2.05, 4.69) is 26.2 Å². The van der Waals surface area contributed by atoms with Gasteiger partial charge in [-0.05, 0) is 49.2 Å². The standard InChI is InChI=1S/C24H19F4N5O/c1-2-20-19(32-21-9-6-15(14-31-21)24(26,27)28)5-3-12-33(20)23(34)17-8-7-16(25)13-18(17)22-29-10-4-11-30-22/h1,4,6-11,13-14,19-20H,3,5,12H2,(H,31,32). The number of amides is 1. The third kappa shape index (κ3) is 4.83. The summed E-state index contributed by atoms with van der Waals surface area (Å²) in [6.45, 7) is 0.360. The van der Waals surface area contributed by atoms with Crippen LogP contribution in [0.2, 0.25) is 0 Å². The van der Waals surface area contributed by atoms with Gasteiger partial charge in [-0.15, -0.1) is 6.42 Å². The summed E-state index contributed by atoms with van der Waals surface area (Å²) in [6, 6.07) is 6.35. The van der Waals surface area contributed by atoms with Gasteiger partial charge in [-0.3, -0.25) is 4.79 Å². The van der Waals surface area contributed by atoms with Crippen molar-refractivity contribution in [2.75, 3.05) is 11.9 Å². The lowest BCUT2D eigenvalue weighted by molar-refractivity contribution is -0.137. The number of pyridine rings is 1. The highest BCUT2D eigenvalue weighted by Gasteiger charge is 2.35. The van der Waals surface area contributed by atoms with E-state index in [1.54, 1.807) is 6.07 Å². The maximum Gasteiger partial charge on any atom is 0.417 e. The molecule has 1 aromatic carbocycles. The predicted molar refractivity (Wildman–Crippen MR) is 117 cm³/mol. The number of alkyl halides is 3. The first-order chi connectivity index (χ1) is 16.3. The smallest absolute Gasteiger partial charge is 0.364 e. The first-order valence-corrected chi connectivity index (χ1v) is 10.4. The van der Waals surface area contributed by atoms with Crippen LogP contribution in [0.15, 0.2) is 55.0 Å². The van der Waals surface area contributed by atoms with E-state index in [0.29, 0.717) is 19.4 Å². The van der Waals surface area contributed by atoms with E-state index in [0.717, 1.165) is 12.3 Å². The number of terminal acetylenes is 1. The van der Waals surface area contributed by atoms with Crippen LogP contribution in [0.4, 0.5) is 23.4 Å². The van der Waals surface area contributed by atoms with Crippen LogP contribution in [0.5, 0.6) is 0 Å². The summed E-state index contributed by atoms with van der Waals surface area (Å²) in [6.07, 6.45) is 6.18. The number of rotatable bonds is 4. The highest BCUT2D eigenvalue weighted by atomic mass is 19.4. The van der Waals surface area contributed by atoms with E-state index in [1.165, 1.54) is 41.6 Å². The van der Waals surface area contributed by atoms with Crippen LogP contribution in [0.3, 0.4) is 0 Å². The molecule has 1 N–H and O–H groups in total. The molecule has 1 saturated heterocycles. The second-order valence-corrected chi connectivity index (χ2v) is 7.70. The average Bonchev–Trinajstić information content (AvgIpc) is 2.84. The van der Waals surface area contributed by atoms with Crippen molar-refractivity contribution in [3.8, 4) is 23.7 Å². The molecule has 3 aromatic rings. The summed E-state index contributed by atoms with van der Waals surface area (Å²) >= 11 is 0. The molecule has 10 heteroatoms. The fourth-order valence-electron chi connectivity index (χ4n) is 3.90. The molecule has 1 fully saturated rings. The van der Waals surface area contributed by atoms with Gasteiger partial charge < -0.3 is 10.2 Å². The van der Waals surface area contributed by atoms with Crippen molar-refractivity contribution in [2.24, 2.45) is 0 Å². The number of nitrogens with one attached hydrogen (secondary N) is 1. The number of aromatic nitrogens is 3. The van der Waals surface area contributed by atoms with Gasteiger partial charge >= 0.3 is 6.18 Å². The van der Waals surface area contributed by atoms with Gasteiger partial charge in [0.15, 0.2) is 5.82 Å². The van der Waals surface area contributed by atoms with Crippen LogP contribution in [-0.2, 0) is 6.18 Å². The van der Waals surface area contributed by atoms with Crippen molar-refractivity contribution in [3.05, 3.63) is 71.9 Å². The SMILES string of the molecule is C#CC1C(Nc2ccc(C(F)(F)F)cn2)CCCN1C(=O)c1ccc(F)cc1-c1ncccn1. The Bertz CT molecular complexity index is 1210. The van der Waals surface area contributed by atoms with Crippen molar-refractivity contribution < 1.29 is 22.4 Å². The van der Waals surface area contributed by atoms with Crippen molar-refractivity contribution in [1.82, 2.24) is 19.9 Å². The number of hydrogen-bond donors (Lipinski definition) is 1. The van der Waals surface area contributed by atoms with Gasteiger partial charge in [0.05, 0.1) is 17.2 Å². The molecule has 1 amide bonds. The Morgan fingerprint density at radius 1 is 1.15 bits per heavy atom. The first-order valence-electron chi connectivity index (χ1n) is 10.4. The lowest BCUT2D eigenvalue weighted by atomic mass is 9.94. The highest BCUT2D eigenvalue weighted by Crippen LogP contribution is 2.30.